The molecule has 0 fully saturated rings. The monoisotopic (exact) mass is 135 g/mol. The van der Waals surface area contributed by atoms with Gasteiger partial charge in [0.1, 0.15) is 0 Å². The first kappa shape index (κ1) is 5.35. The molecule has 0 aliphatic heterocycles. The third kappa shape index (κ3) is 4.35. The van der Waals surface area contributed by atoms with Crippen molar-refractivity contribution in [1.82, 2.24) is 0 Å². The molecular formula is C4H8Br+. The van der Waals surface area contributed by atoms with Crippen molar-refractivity contribution in [2.75, 3.05) is 5.33 Å². The van der Waals surface area contributed by atoms with Crippen molar-refractivity contribution in [3.63, 3.8) is 0 Å². The zero-order valence-electron chi connectivity index (χ0n) is 3.21. The molecule has 0 nitrogen and oxygen atoms in total. The maximum absolute atomic E-state index is 3.65. The van der Waals surface area contributed by atoms with Gasteiger partial charge in [-0.15, -0.1) is 0 Å². The van der Waals surface area contributed by atoms with Crippen molar-refractivity contribution < 1.29 is 0 Å². The van der Waals surface area contributed by atoms with Crippen molar-refractivity contribution in [3.05, 3.63) is 6.92 Å². The predicted octanol–water partition coefficient (Wildman–Crippen LogP) is 2.00. The molecule has 0 atom stereocenters. The summed E-state index contributed by atoms with van der Waals surface area (Å²) in [7, 11) is 0. The Kier molecular flexibility index (Phi) is 4.65. The zero-order valence-corrected chi connectivity index (χ0v) is 4.79. The topological polar surface area (TPSA) is 0 Å². The van der Waals surface area contributed by atoms with Crippen LogP contribution in [0.15, 0.2) is 0 Å². The van der Waals surface area contributed by atoms with Gasteiger partial charge in [-0.1, -0.05) is 15.9 Å². The smallest absolute Gasteiger partial charge is 0.0858 e. The van der Waals surface area contributed by atoms with Crippen LogP contribution in [0.5, 0.6) is 0 Å². The summed E-state index contributed by atoms with van der Waals surface area (Å²) in [4.78, 5) is 0. The van der Waals surface area contributed by atoms with Gasteiger partial charge in [0.25, 0.3) is 0 Å². The van der Waals surface area contributed by atoms with E-state index in [-0.39, 0.29) is 0 Å². The fourth-order valence-corrected chi connectivity index (χ4v) is 0.491. The number of hydrogen-bond acceptors (Lipinski definition) is 0. The molecule has 0 aromatic heterocycles. The molecule has 0 aliphatic rings. The van der Waals surface area contributed by atoms with E-state index in [2.05, 4.69) is 22.9 Å². The molecule has 5 heavy (non-hydrogen) atoms. The van der Waals surface area contributed by atoms with Gasteiger partial charge < -0.3 is 0 Å². The molecule has 0 aliphatic carbocycles. The molecule has 0 N–H and O–H groups in total. The Morgan fingerprint density at radius 3 is 2.20 bits per heavy atom. The van der Waals surface area contributed by atoms with E-state index in [9.17, 15) is 0 Å². The summed E-state index contributed by atoms with van der Waals surface area (Å²) in [5.74, 6) is 0. The second kappa shape index (κ2) is 4.35. The maximum atomic E-state index is 3.65. The first-order valence-electron chi connectivity index (χ1n) is 1.77. The molecule has 0 amide bonds. The molecule has 0 unspecified atom stereocenters. The van der Waals surface area contributed by atoms with E-state index in [1.807, 2.05) is 0 Å². The predicted molar refractivity (Wildman–Crippen MR) is 28.4 cm³/mol. The second-order valence-corrected chi connectivity index (χ2v) is 1.69. The van der Waals surface area contributed by atoms with Gasteiger partial charge in [-0.3, -0.25) is 0 Å². The Balaban J connectivity index is 2.19. The Labute approximate surface area is 41.7 Å². The highest BCUT2D eigenvalue weighted by Gasteiger charge is 1.76. The molecule has 0 bridgehead atoms. The minimum absolute atomic E-state index is 1.05. The standard InChI is InChI=1S/C4H8Br/c1-2-3-4-5/h1-4H2/q+1. The van der Waals surface area contributed by atoms with Gasteiger partial charge in [-0.05, 0) is 6.42 Å². The van der Waals surface area contributed by atoms with Crippen molar-refractivity contribution in [1.29, 1.82) is 0 Å². The zero-order chi connectivity index (χ0) is 4.12. The summed E-state index contributed by atoms with van der Waals surface area (Å²) >= 11 is 3.27. The lowest BCUT2D eigenvalue weighted by Crippen LogP contribution is -1.64. The van der Waals surface area contributed by atoms with E-state index < -0.39 is 0 Å². The molecule has 0 heterocycles. The van der Waals surface area contributed by atoms with Crippen molar-refractivity contribution >= 4 is 15.9 Å². The highest BCUT2D eigenvalue weighted by molar-refractivity contribution is 9.09. The maximum Gasteiger partial charge on any atom is 0.0858 e. The highest BCUT2D eigenvalue weighted by Crippen LogP contribution is 1.88. The first-order chi connectivity index (χ1) is 2.41. The summed E-state index contributed by atoms with van der Waals surface area (Å²) in [5, 5.41) is 1.09. The Bertz CT molecular complexity index is 11.1. The Hall–Kier alpha value is 0.350. The van der Waals surface area contributed by atoms with Crippen molar-refractivity contribution in [2.24, 2.45) is 0 Å². The number of halogens is 1. The van der Waals surface area contributed by atoms with Crippen LogP contribution in [-0.4, -0.2) is 5.33 Å². The van der Waals surface area contributed by atoms with Gasteiger partial charge in [0, 0.05) is 5.33 Å². The molecule has 0 aromatic carbocycles. The van der Waals surface area contributed by atoms with Gasteiger partial charge in [-0.25, -0.2) is 0 Å². The quantitative estimate of drug-likeness (QED) is 0.402. The van der Waals surface area contributed by atoms with Gasteiger partial charge in [0.2, 0.25) is 0 Å². The summed E-state index contributed by atoms with van der Waals surface area (Å²) < 4.78 is 0. The number of hydrogen-bond donors (Lipinski definition) is 0. The van der Waals surface area contributed by atoms with Crippen LogP contribution < -0.4 is 0 Å². The van der Waals surface area contributed by atoms with E-state index in [1.54, 1.807) is 0 Å². The van der Waals surface area contributed by atoms with Gasteiger partial charge >= 0.3 is 0 Å². The minimum Gasteiger partial charge on any atom is -0.0926 e. The van der Waals surface area contributed by atoms with Crippen LogP contribution in [-0.2, 0) is 0 Å². The summed E-state index contributed by atoms with van der Waals surface area (Å²) in [6, 6.07) is 0. The third-order valence-electron chi connectivity index (χ3n) is 0.384. The molecule has 0 aromatic rings. The fourth-order valence-electron chi connectivity index (χ4n) is 0.0945. The number of rotatable bonds is 2. The van der Waals surface area contributed by atoms with Gasteiger partial charge in [0.15, 0.2) is 0 Å². The highest BCUT2D eigenvalue weighted by atomic mass is 79.9. The van der Waals surface area contributed by atoms with Crippen molar-refractivity contribution in [3.8, 4) is 0 Å². The van der Waals surface area contributed by atoms with Crippen LogP contribution in [0.3, 0.4) is 0 Å². The molecule has 1 heteroatoms. The summed E-state index contributed by atoms with van der Waals surface area (Å²) in [5.41, 5.74) is 0. The van der Waals surface area contributed by atoms with Gasteiger partial charge in [-0.2, -0.15) is 0 Å². The van der Waals surface area contributed by atoms with Crippen LogP contribution in [0.25, 0.3) is 0 Å². The van der Waals surface area contributed by atoms with E-state index >= 15 is 0 Å². The summed E-state index contributed by atoms with van der Waals surface area (Å²) in [6.45, 7) is 3.65. The Morgan fingerprint density at radius 2 is 2.20 bits per heavy atom. The molecule has 0 rings (SSSR count). The lowest BCUT2D eigenvalue weighted by atomic mass is 10.4. The molecule has 0 saturated heterocycles. The largest absolute Gasteiger partial charge is 0.0926 e. The van der Waals surface area contributed by atoms with E-state index in [0.717, 1.165) is 11.8 Å². The third-order valence-corrected chi connectivity index (χ3v) is 0.944. The average molecular weight is 136 g/mol. The SMILES string of the molecule is [CH2+]CCCBr. The average Bonchev–Trinajstić information content (AvgIpc) is 1.41. The van der Waals surface area contributed by atoms with Crippen LogP contribution in [0.1, 0.15) is 12.8 Å². The van der Waals surface area contributed by atoms with Crippen LogP contribution in [0.2, 0.25) is 0 Å². The van der Waals surface area contributed by atoms with Crippen LogP contribution in [0, 0.1) is 6.92 Å². The minimum atomic E-state index is 1.05. The normalized spacial score (nSPS) is 8.20. The molecule has 0 saturated carbocycles. The Morgan fingerprint density at radius 1 is 1.60 bits per heavy atom. The number of unbranched alkanes of at least 4 members (excludes halogenated alkanes) is 1. The fraction of sp³-hybridized carbons (Fsp3) is 0.750. The lowest BCUT2D eigenvalue weighted by Gasteiger charge is -1.71. The van der Waals surface area contributed by atoms with E-state index in [1.165, 1.54) is 6.42 Å². The van der Waals surface area contributed by atoms with Crippen molar-refractivity contribution in [2.45, 2.75) is 12.8 Å². The van der Waals surface area contributed by atoms with Crippen LogP contribution >= 0.6 is 15.9 Å². The molecule has 0 radical (unpaired) electrons. The second-order valence-electron chi connectivity index (χ2n) is 0.896. The van der Waals surface area contributed by atoms with E-state index in [0.29, 0.717) is 0 Å². The summed E-state index contributed by atoms with van der Waals surface area (Å²) in [6.07, 6.45) is 2.24. The number of alkyl halides is 1. The van der Waals surface area contributed by atoms with E-state index in [4.69, 9.17) is 0 Å². The lowest BCUT2D eigenvalue weighted by molar-refractivity contribution is 0.977. The molecular weight excluding hydrogens is 128 g/mol. The van der Waals surface area contributed by atoms with Crippen LogP contribution in [0.4, 0.5) is 0 Å². The molecule has 0 spiro atoms. The first-order valence-corrected chi connectivity index (χ1v) is 2.89. The molecule has 30 valence electrons. The van der Waals surface area contributed by atoms with Gasteiger partial charge in [0.05, 0.1) is 13.3 Å².